The molecule has 0 aliphatic carbocycles. The Morgan fingerprint density at radius 2 is 1.33 bits per heavy atom. The van der Waals surface area contributed by atoms with Crippen LogP contribution in [0.5, 0.6) is 0 Å². The molecule has 0 heterocycles. The molecule has 0 atom stereocenters. The number of nitriles is 1. The van der Waals surface area contributed by atoms with Gasteiger partial charge in [0.1, 0.15) is 0 Å². The van der Waals surface area contributed by atoms with E-state index in [0.29, 0.717) is 0 Å². The van der Waals surface area contributed by atoms with Crippen molar-refractivity contribution >= 4 is 0 Å². The van der Waals surface area contributed by atoms with Crippen molar-refractivity contribution in [3.8, 4) is 17.9 Å². The molecular formula is C14H23N. The van der Waals surface area contributed by atoms with Crippen molar-refractivity contribution in [1.82, 2.24) is 0 Å². The molecule has 1 nitrogen and oxygen atoms in total. The van der Waals surface area contributed by atoms with E-state index < -0.39 is 0 Å². The maximum atomic E-state index is 8.19. The van der Waals surface area contributed by atoms with Crippen LogP contribution in [0.2, 0.25) is 0 Å². The smallest absolute Gasteiger partial charge is 0.152 e. The van der Waals surface area contributed by atoms with Crippen molar-refractivity contribution in [1.29, 1.82) is 5.26 Å². The summed E-state index contributed by atoms with van der Waals surface area (Å²) in [7, 11) is 0. The highest BCUT2D eigenvalue weighted by molar-refractivity contribution is 5.16. The van der Waals surface area contributed by atoms with E-state index in [-0.39, 0.29) is 0 Å². The van der Waals surface area contributed by atoms with Crippen LogP contribution < -0.4 is 0 Å². The molecule has 0 rings (SSSR count). The molecule has 0 bridgehead atoms. The van der Waals surface area contributed by atoms with E-state index in [1.807, 2.05) is 6.07 Å². The highest BCUT2D eigenvalue weighted by Gasteiger charge is 1.90. The summed E-state index contributed by atoms with van der Waals surface area (Å²) in [6.45, 7) is 2.25. The lowest BCUT2D eigenvalue weighted by Crippen LogP contribution is -1.80. The van der Waals surface area contributed by atoms with Gasteiger partial charge in [0.2, 0.25) is 0 Å². The summed E-state index contributed by atoms with van der Waals surface area (Å²) in [4.78, 5) is 0. The summed E-state index contributed by atoms with van der Waals surface area (Å²) in [6.07, 6.45) is 13.0. The molecule has 0 aliphatic rings. The van der Waals surface area contributed by atoms with Crippen LogP contribution in [0.15, 0.2) is 0 Å². The first-order valence-corrected chi connectivity index (χ1v) is 6.28. The van der Waals surface area contributed by atoms with E-state index in [1.165, 1.54) is 51.4 Å². The summed E-state index contributed by atoms with van der Waals surface area (Å²) in [6, 6.07) is 1.84. The Bertz CT molecular complexity index is 214. The fraction of sp³-hybridized carbons (Fsp3) is 0.786. The van der Waals surface area contributed by atoms with Crippen molar-refractivity contribution in [3.63, 3.8) is 0 Å². The molecule has 1 heteroatoms. The zero-order valence-electron chi connectivity index (χ0n) is 10.0. The quantitative estimate of drug-likeness (QED) is 0.403. The van der Waals surface area contributed by atoms with E-state index in [2.05, 4.69) is 18.8 Å². The molecule has 84 valence electrons. The minimum Gasteiger partial charge on any atom is -0.183 e. The Hall–Kier alpha value is -0.950. The summed E-state index contributed by atoms with van der Waals surface area (Å²) in [5.41, 5.74) is 0. The standard InChI is InChI=1S/C14H23N/c1-2-3-4-5-6-7-8-9-10-11-12-13-14-15/h2-11H2,1H3. The second-order valence-electron chi connectivity index (χ2n) is 3.99. The lowest BCUT2D eigenvalue weighted by molar-refractivity contribution is 0.567. The van der Waals surface area contributed by atoms with Gasteiger partial charge in [-0.3, -0.25) is 0 Å². The molecule has 0 saturated heterocycles. The van der Waals surface area contributed by atoms with Gasteiger partial charge in [0, 0.05) is 12.3 Å². The Labute approximate surface area is 94.9 Å². The summed E-state index contributed by atoms with van der Waals surface area (Å²) < 4.78 is 0. The predicted octanol–water partition coefficient (Wildman–Crippen LogP) is 4.43. The molecule has 0 radical (unpaired) electrons. The number of nitrogens with zero attached hydrogens (tertiary/aromatic N) is 1. The molecule has 0 fully saturated rings. The van der Waals surface area contributed by atoms with Gasteiger partial charge in [-0.2, -0.15) is 5.26 Å². The minimum absolute atomic E-state index is 0.892. The average molecular weight is 205 g/mol. The van der Waals surface area contributed by atoms with E-state index in [1.54, 1.807) is 0 Å². The molecule has 0 aromatic carbocycles. The normalized spacial score (nSPS) is 9.07. The predicted molar refractivity (Wildman–Crippen MR) is 65.2 cm³/mol. The summed E-state index contributed by atoms with van der Waals surface area (Å²) in [5.74, 6) is 5.27. The molecule has 0 spiro atoms. The number of unbranched alkanes of at least 4 members (excludes halogenated alkanes) is 9. The van der Waals surface area contributed by atoms with E-state index >= 15 is 0 Å². The van der Waals surface area contributed by atoms with Gasteiger partial charge in [0.15, 0.2) is 6.07 Å². The maximum absolute atomic E-state index is 8.19. The van der Waals surface area contributed by atoms with Crippen LogP contribution in [0.3, 0.4) is 0 Å². The van der Waals surface area contributed by atoms with Crippen molar-refractivity contribution in [3.05, 3.63) is 0 Å². The molecule has 0 saturated carbocycles. The second-order valence-corrected chi connectivity index (χ2v) is 3.99. The van der Waals surface area contributed by atoms with Crippen LogP contribution >= 0.6 is 0 Å². The van der Waals surface area contributed by atoms with Crippen LogP contribution in [0.25, 0.3) is 0 Å². The van der Waals surface area contributed by atoms with Crippen LogP contribution in [0, 0.1) is 23.2 Å². The largest absolute Gasteiger partial charge is 0.183 e. The van der Waals surface area contributed by atoms with Crippen LogP contribution in [-0.2, 0) is 0 Å². The van der Waals surface area contributed by atoms with Gasteiger partial charge in [-0.15, -0.1) is 0 Å². The van der Waals surface area contributed by atoms with Gasteiger partial charge in [0.25, 0.3) is 0 Å². The highest BCUT2D eigenvalue weighted by Crippen LogP contribution is 2.09. The lowest BCUT2D eigenvalue weighted by atomic mass is 10.1. The summed E-state index contributed by atoms with van der Waals surface area (Å²) >= 11 is 0. The first kappa shape index (κ1) is 14.1. The maximum Gasteiger partial charge on any atom is 0.152 e. The molecule has 0 amide bonds. The average Bonchev–Trinajstić information content (AvgIpc) is 2.26. The fourth-order valence-corrected chi connectivity index (χ4v) is 1.63. The minimum atomic E-state index is 0.892. The Morgan fingerprint density at radius 3 is 1.87 bits per heavy atom. The number of rotatable bonds is 9. The third kappa shape index (κ3) is 13.1. The van der Waals surface area contributed by atoms with E-state index in [0.717, 1.165) is 12.8 Å². The Balaban J connectivity index is 2.96. The lowest BCUT2D eigenvalue weighted by Gasteiger charge is -1.99. The van der Waals surface area contributed by atoms with Crippen molar-refractivity contribution in [2.45, 2.75) is 71.1 Å². The molecule has 15 heavy (non-hydrogen) atoms. The second kappa shape index (κ2) is 13.1. The van der Waals surface area contributed by atoms with Gasteiger partial charge < -0.3 is 0 Å². The Kier molecular flexibility index (Phi) is 12.2. The van der Waals surface area contributed by atoms with Crippen LogP contribution in [0.1, 0.15) is 71.1 Å². The fourth-order valence-electron chi connectivity index (χ4n) is 1.63. The first-order valence-electron chi connectivity index (χ1n) is 6.28. The van der Waals surface area contributed by atoms with E-state index in [4.69, 9.17) is 5.26 Å². The SMILES string of the molecule is CCCCCCCCCCCC#CC#N. The molecule has 0 unspecified atom stereocenters. The van der Waals surface area contributed by atoms with Gasteiger partial charge >= 0.3 is 0 Å². The summed E-state index contributed by atoms with van der Waals surface area (Å²) in [5, 5.41) is 8.19. The monoisotopic (exact) mass is 205 g/mol. The topological polar surface area (TPSA) is 23.8 Å². The Morgan fingerprint density at radius 1 is 0.800 bits per heavy atom. The molecule has 0 N–H and O–H groups in total. The third-order valence-corrected chi connectivity index (χ3v) is 2.55. The van der Waals surface area contributed by atoms with Gasteiger partial charge in [-0.1, -0.05) is 64.2 Å². The number of hydrogen-bond acceptors (Lipinski definition) is 1. The van der Waals surface area contributed by atoms with Gasteiger partial charge in [-0.05, 0) is 6.42 Å². The van der Waals surface area contributed by atoms with Crippen molar-refractivity contribution in [2.24, 2.45) is 0 Å². The van der Waals surface area contributed by atoms with Crippen LogP contribution in [0.4, 0.5) is 0 Å². The molecule has 0 aliphatic heterocycles. The molecule has 0 aromatic heterocycles. The van der Waals surface area contributed by atoms with Crippen molar-refractivity contribution < 1.29 is 0 Å². The van der Waals surface area contributed by atoms with Crippen molar-refractivity contribution in [2.75, 3.05) is 0 Å². The molecular weight excluding hydrogens is 182 g/mol. The van der Waals surface area contributed by atoms with Gasteiger partial charge in [-0.25, -0.2) is 0 Å². The van der Waals surface area contributed by atoms with Crippen LogP contribution in [-0.4, -0.2) is 0 Å². The van der Waals surface area contributed by atoms with E-state index in [9.17, 15) is 0 Å². The zero-order valence-corrected chi connectivity index (χ0v) is 10.0. The number of hydrogen-bond donors (Lipinski definition) is 0. The highest BCUT2D eigenvalue weighted by atomic mass is 14.2. The van der Waals surface area contributed by atoms with Gasteiger partial charge in [0.05, 0.1) is 0 Å². The molecule has 0 aromatic rings. The third-order valence-electron chi connectivity index (χ3n) is 2.55. The zero-order chi connectivity index (χ0) is 11.2. The first-order chi connectivity index (χ1) is 7.41.